The van der Waals surface area contributed by atoms with Crippen molar-refractivity contribution in [2.45, 2.75) is 25.9 Å². The quantitative estimate of drug-likeness (QED) is 0.766. The zero-order valence-electron chi connectivity index (χ0n) is 14.2. The zero-order valence-corrected chi connectivity index (χ0v) is 15.8. The predicted molar refractivity (Wildman–Crippen MR) is 102 cm³/mol. The van der Waals surface area contributed by atoms with Crippen LogP contribution in [0, 0.1) is 0 Å². The molecule has 4 nitrogen and oxygen atoms in total. The number of nitrogens with one attached hydrogen (secondary N) is 1. The Morgan fingerprint density at radius 3 is 2.44 bits per heavy atom. The second-order valence-corrected chi connectivity index (χ2v) is 7.19. The molecule has 1 aliphatic rings. The third-order valence-electron chi connectivity index (χ3n) is 4.37. The van der Waals surface area contributed by atoms with Gasteiger partial charge in [0.2, 0.25) is 0 Å². The molecule has 5 heteroatoms. The van der Waals surface area contributed by atoms with Crippen LogP contribution < -0.4 is 10.1 Å². The predicted octanol–water partition coefficient (Wildman–Crippen LogP) is 3.74. The Morgan fingerprint density at radius 2 is 1.72 bits per heavy atom. The molecule has 2 aromatic rings. The minimum atomic E-state index is -0.112. The third-order valence-corrected chi connectivity index (χ3v) is 4.90. The lowest BCUT2D eigenvalue weighted by molar-refractivity contribution is -0.123. The SMILES string of the molecule is O=C(COc1ccc(Br)cc1)NCc1ccccc1CN1CCCC1. The van der Waals surface area contributed by atoms with Crippen molar-refractivity contribution in [1.29, 1.82) is 0 Å². The van der Waals surface area contributed by atoms with Crippen molar-refractivity contribution in [1.82, 2.24) is 10.2 Å². The van der Waals surface area contributed by atoms with Gasteiger partial charge in [-0.3, -0.25) is 9.69 Å². The number of halogens is 1. The third kappa shape index (κ3) is 5.58. The van der Waals surface area contributed by atoms with E-state index in [1.807, 2.05) is 30.3 Å². The molecule has 0 aliphatic carbocycles. The molecule has 0 saturated carbocycles. The number of hydrogen-bond acceptors (Lipinski definition) is 3. The van der Waals surface area contributed by atoms with Gasteiger partial charge in [0.1, 0.15) is 5.75 Å². The van der Waals surface area contributed by atoms with Crippen molar-refractivity contribution >= 4 is 21.8 Å². The smallest absolute Gasteiger partial charge is 0.258 e. The first-order chi connectivity index (χ1) is 12.2. The van der Waals surface area contributed by atoms with E-state index in [2.05, 4.69) is 44.3 Å². The summed E-state index contributed by atoms with van der Waals surface area (Å²) in [4.78, 5) is 14.5. The maximum absolute atomic E-state index is 12.1. The molecule has 0 atom stereocenters. The molecule has 1 N–H and O–H groups in total. The van der Waals surface area contributed by atoms with Gasteiger partial charge in [-0.05, 0) is 61.3 Å². The van der Waals surface area contributed by atoms with E-state index in [-0.39, 0.29) is 12.5 Å². The summed E-state index contributed by atoms with van der Waals surface area (Å²) in [6.07, 6.45) is 2.57. The molecule has 2 aromatic carbocycles. The molecule has 0 unspecified atom stereocenters. The maximum atomic E-state index is 12.1. The Kier molecular flexibility index (Phi) is 6.48. The van der Waals surface area contributed by atoms with Crippen molar-refractivity contribution in [2.24, 2.45) is 0 Å². The molecule has 0 aromatic heterocycles. The Labute approximate surface area is 157 Å². The topological polar surface area (TPSA) is 41.6 Å². The Morgan fingerprint density at radius 1 is 1.04 bits per heavy atom. The zero-order chi connectivity index (χ0) is 17.5. The first-order valence-corrected chi connectivity index (χ1v) is 9.44. The van der Waals surface area contributed by atoms with Crippen LogP contribution in [0.15, 0.2) is 53.0 Å². The van der Waals surface area contributed by atoms with Crippen LogP contribution in [0.25, 0.3) is 0 Å². The van der Waals surface area contributed by atoms with E-state index in [0.717, 1.165) is 11.0 Å². The summed E-state index contributed by atoms with van der Waals surface area (Å²) < 4.78 is 6.49. The minimum absolute atomic E-state index is 0.0237. The molecular weight excluding hydrogens is 380 g/mol. The lowest BCUT2D eigenvalue weighted by atomic mass is 10.1. The fraction of sp³-hybridized carbons (Fsp3) is 0.350. The Balaban J connectivity index is 1.49. The van der Waals surface area contributed by atoms with Gasteiger partial charge in [0.05, 0.1) is 0 Å². The monoisotopic (exact) mass is 402 g/mol. The number of likely N-dealkylation sites (tertiary alicyclic amines) is 1. The van der Waals surface area contributed by atoms with E-state index in [9.17, 15) is 4.79 Å². The van der Waals surface area contributed by atoms with Gasteiger partial charge in [0, 0.05) is 17.6 Å². The summed E-state index contributed by atoms with van der Waals surface area (Å²) in [6, 6.07) is 15.8. The van der Waals surface area contributed by atoms with Crippen molar-refractivity contribution in [3.05, 3.63) is 64.1 Å². The molecule has 1 aliphatic heterocycles. The van der Waals surface area contributed by atoms with Crippen LogP contribution in [0.2, 0.25) is 0 Å². The number of rotatable bonds is 7. The highest BCUT2D eigenvalue weighted by atomic mass is 79.9. The second-order valence-electron chi connectivity index (χ2n) is 6.27. The first-order valence-electron chi connectivity index (χ1n) is 8.65. The van der Waals surface area contributed by atoms with Crippen LogP contribution in [0.3, 0.4) is 0 Å². The standard InChI is InChI=1S/C20H23BrN2O2/c21-18-7-9-19(10-8-18)25-15-20(24)22-13-16-5-1-2-6-17(16)14-23-11-3-4-12-23/h1-2,5-10H,3-4,11-15H2,(H,22,24). The van der Waals surface area contributed by atoms with Crippen molar-refractivity contribution in [2.75, 3.05) is 19.7 Å². The number of benzene rings is 2. The highest BCUT2D eigenvalue weighted by Gasteiger charge is 2.13. The molecule has 1 fully saturated rings. The number of amides is 1. The summed E-state index contributed by atoms with van der Waals surface area (Å²) in [7, 11) is 0. The molecule has 0 radical (unpaired) electrons. The maximum Gasteiger partial charge on any atom is 0.258 e. The number of nitrogens with zero attached hydrogens (tertiary/aromatic N) is 1. The summed E-state index contributed by atoms with van der Waals surface area (Å²) in [5.41, 5.74) is 2.46. The summed E-state index contributed by atoms with van der Waals surface area (Å²) in [5, 5.41) is 2.95. The summed E-state index contributed by atoms with van der Waals surface area (Å²) >= 11 is 3.38. The van der Waals surface area contributed by atoms with Gasteiger partial charge in [-0.25, -0.2) is 0 Å². The van der Waals surface area contributed by atoms with Crippen LogP contribution >= 0.6 is 15.9 Å². The minimum Gasteiger partial charge on any atom is -0.484 e. The molecule has 25 heavy (non-hydrogen) atoms. The number of hydrogen-bond donors (Lipinski definition) is 1. The lowest BCUT2D eigenvalue weighted by Gasteiger charge is -2.17. The van der Waals surface area contributed by atoms with Gasteiger partial charge in [-0.1, -0.05) is 40.2 Å². The first kappa shape index (κ1) is 18.0. The fourth-order valence-corrected chi connectivity index (χ4v) is 3.25. The van der Waals surface area contributed by atoms with Gasteiger partial charge in [0.25, 0.3) is 5.91 Å². The van der Waals surface area contributed by atoms with E-state index >= 15 is 0 Å². The van der Waals surface area contributed by atoms with Crippen LogP contribution in [-0.2, 0) is 17.9 Å². The van der Waals surface area contributed by atoms with Crippen LogP contribution in [-0.4, -0.2) is 30.5 Å². The van der Waals surface area contributed by atoms with Gasteiger partial charge >= 0.3 is 0 Å². The summed E-state index contributed by atoms with van der Waals surface area (Å²) in [6.45, 7) is 3.85. The summed E-state index contributed by atoms with van der Waals surface area (Å²) in [5.74, 6) is 0.576. The second kappa shape index (κ2) is 9.02. The molecule has 3 rings (SSSR count). The van der Waals surface area contributed by atoms with Crippen molar-refractivity contribution in [3.63, 3.8) is 0 Å². The molecule has 132 valence electrons. The van der Waals surface area contributed by atoms with E-state index < -0.39 is 0 Å². The number of ether oxygens (including phenoxy) is 1. The normalized spacial score (nSPS) is 14.4. The molecule has 1 amide bonds. The van der Waals surface area contributed by atoms with E-state index in [4.69, 9.17) is 4.74 Å². The van der Waals surface area contributed by atoms with Gasteiger partial charge in [-0.2, -0.15) is 0 Å². The molecular formula is C20H23BrN2O2. The lowest BCUT2D eigenvalue weighted by Crippen LogP contribution is -2.29. The largest absolute Gasteiger partial charge is 0.484 e. The van der Waals surface area contributed by atoms with E-state index in [1.165, 1.54) is 37.1 Å². The van der Waals surface area contributed by atoms with Crippen LogP contribution in [0.5, 0.6) is 5.75 Å². The molecule has 0 spiro atoms. The van der Waals surface area contributed by atoms with E-state index in [0.29, 0.717) is 12.3 Å². The van der Waals surface area contributed by atoms with Crippen molar-refractivity contribution in [3.8, 4) is 5.75 Å². The molecule has 0 bridgehead atoms. The number of carbonyl (C=O) groups excluding carboxylic acids is 1. The highest BCUT2D eigenvalue weighted by Crippen LogP contribution is 2.17. The average molecular weight is 403 g/mol. The molecule has 1 heterocycles. The van der Waals surface area contributed by atoms with Gasteiger partial charge in [-0.15, -0.1) is 0 Å². The number of carbonyl (C=O) groups is 1. The van der Waals surface area contributed by atoms with Crippen molar-refractivity contribution < 1.29 is 9.53 Å². The Bertz CT molecular complexity index is 697. The van der Waals surface area contributed by atoms with E-state index in [1.54, 1.807) is 0 Å². The Hall–Kier alpha value is -1.85. The average Bonchev–Trinajstić information content (AvgIpc) is 3.13. The van der Waals surface area contributed by atoms with Gasteiger partial charge < -0.3 is 10.1 Å². The molecule has 1 saturated heterocycles. The fourth-order valence-electron chi connectivity index (χ4n) is 2.99. The highest BCUT2D eigenvalue weighted by molar-refractivity contribution is 9.10. The van der Waals surface area contributed by atoms with Gasteiger partial charge in [0.15, 0.2) is 6.61 Å². The van der Waals surface area contributed by atoms with Crippen LogP contribution in [0.4, 0.5) is 0 Å². The van der Waals surface area contributed by atoms with Crippen LogP contribution in [0.1, 0.15) is 24.0 Å².